The highest BCUT2D eigenvalue weighted by Gasteiger charge is 2.27. The Kier molecular flexibility index (Phi) is 18.1. The van der Waals surface area contributed by atoms with E-state index in [1.54, 1.807) is 24.3 Å². The maximum absolute atomic E-state index is 12.3. The van der Waals surface area contributed by atoms with Gasteiger partial charge in [0.05, 0.1) is 43.2 Å². The fraction of sp³-hybridized carbons (Fsp3) is 0.452. The molecule has 11 heteroatoms. The van der Waals surface area contributed by atoms with Crippen molar-refractivity contribution >= 4 is 28.9 Å². The van der Waals surface area contributed by atoms with Gasteiger partial charge in [-0.2, -0.15) is 0 Å². The maximum Gasteiger partial charge on any atom is 0.263 e. The third kappa shape index (κ3) is 12.3. The molecule has 1 aliphatic carbocycles. The van der Waals surface area contributed by atoms with Crippen LogP contribution in [0.3, 0.4) is 0 Å². The Labute approximate surface area is 251 Å². The van der Waals surface area contributed by atoms with Gasteiger partial charge in [-0.25, -0.2) is 14.3 Å². The van der Waals surface area contributed by atoms with Crippen molar-refractivity contribution in [3.8, 4) is 5.75 Å². The molecule has 232 valence electrons. The van der Waals surface area contributed by atoms with Gasteiger partial charge in [0.15, 0.2) is 0 Å². The zero-order valence-electron chi connectivity index (χ0n) is 24.4. The van der Waals surface area contributed by atoms with Gasteiger partial charge < -0.3 is 15.7 Å². The van der Waals surface area contributed by atoms with Crippen LogP contribution < -0.4 is 16.0 Å². The molecule has 3 rings (SSSR count). The van der Waals surface area contributed by atoms with Crippen LogP contribution in [0.1, 0.15) is 56.6 Å². The van der Waals surface area contributed by atoms with Crippen molar-refractivity contribution in [2.75, 3.05) is 20.8 Å². The first-order valence-electron chi connectivity index (χ1n) is 13.7. The lowest BCUT2D eigenvalue weighted by atomic mass is 9.94. The predicted molar refractivity (Wildman–Crippen MR) is 165 cm³/mol. The smallest absolute Gasteiger partial charge is 0.263 e. The highest BCUT2D eigenvalue weighted by Crippen LogP contribution is 2.27. The van der Waals surface area contributed by atoms with E-state index in [1.807, 2.05) is 25.2 Å². The fourth-order valence-electron chi connectivity index (χ4n) is 4.14. The number of allylic oxidation sites excluding steroid dienone is 3. The highest BCUT2D eigenvalue weighted by molar-refractivity contribution is 6.47. The topological polar surface area (TPSA) is 109 Å². The summed E-state index contributed by atoms with van der Waals surface area (Å²) in [5.41, 5.74) is 10.7. The van der Waals surface area contributed by atoms with E-state index < -0.39 is 12.3 Å². The first-order chi connectivity index (χ1) is 20.2. The molecular weight excluding hydrogens is 569 g/mol. The average molecular weight is 611 g/mol. The molecule has 2 aliphatic rings. The molecule has 3 unspecified atom stereocenters. The van der Waals surface area contributed by atoms with E-state index in [2.05, 4.69) is 12.1 Å². The minimum atomic E-state index is -2.43. The number of alkyl halides is 4. The molecule has 0 bridgehead atoms. The Morgan fingerprint density at radius 1 is 1.24 bits per heavy atom. The second kappa shape index (κ2) is 20.6. The lowest BCUT2D eigenvalue weighted by Crippen LogP contribution is -2.33. The van der Waals surface area contributed by atoms with Crippen LogP contribution in [0, 0.1) is 0 Å². The van der Waals surface area contributed by atoms with Crippen molar-refractivity contribution in [3.63, 3.8) is 0 Å². The number of aryl methyl sites for hydroxylation is 1. The normalized spacial score (nSPS) is 18.0. The standard InChI is InChI=1S/C19H25ClN4O2.C11H14F2O.CH3F/c1-2-14(20)6-5-8-16-15(7-3-4-11-22-26)24-18-12-13(19(21)25)9-10-17(18)23-16;1-3-4-8-5-6-9(11(12)13)7-10(8)14-2;1-2/h2,5,8-10,12,14,17-18,22,26H,1,3-4,6-7,11H2,(H2,21,25);5-7,11H,3-4H2,1-2H3;1H3/b8-5+;;. The second-order valence-corrected chi connectivity index (χ2v) is 9.85. The molecule has 0 aromatic heterocycles. The predicted octanol–water partition coefficient (Wildman–Crippen LogP) is 6.66. The van der Waals surface area contributed by atoms with Crippen LogP contribution >= 0.6 is 11.6 Å². The number of nitrogens with zero attached hydrogens (tertiary/aromatic N) is 2. The van der Waals surface area contributed by atoms with E-state index in [4.69, 9.17) is 37.3 Å². The van der Waals surface area contributed by atoms with E-state index >= 15 is 0 Å². The minimum Gasteiger partial charge on any atom is -0.496 e. The SMILES string of the molecule is C=CC(Cl)C/C=C/C1=NC2C=CC(C(N)=O)=CC2N=C1CCCCNO.CCCc1ccc(C(F)F)cc1OC.CF. The first kappa shape index (κ1) is 36.8. The third-order valence-electron chi connectivity index (χ3n) is 6.27. The summed E-state index contributed by atoms with van der Waals surface area (Å²) in [7, 11) is 2.00. The van der Waals surface area contributed by atoms with Crippen LogP contribution in [0.15, 0.2) is 76.8 Å². The van der Waals surface area contributed by atoms with Gasteiger partial charge in [-0.1, -0.05) is 49.8 Å². The van der Waals surface area contributed by atoms with E-state index in [0.717, 1.165) is 49.1 Å². The molecule has 0 spiro atoms. The molecule has 1 aromatic carbocycles. The van der Waals surface area contributed by atoms with Gasteiger partial charge in [0.25, 0.3) is 6.43 Å². The number of carbonyl (C=O) groups is 1. The van der Waals surface area contributed by atoms with Crippen LogP contribution in [-0.4, -0.2) is 60.8 Å². The molecule has 1 aromatic rings. The number of aliphatic imine (C=N–C) groups is 2. The van der Waals surface area contributed by atoms with E-state index in [-0.39, 0.29) is 23.0 Å². The number of amides is 1. The molecule has 0 radical (unpaired) electrons. The molecule has 42 heavy (non-hydrogen) atoms. The fourth-order valence-corrected chi connectivity index (χ4v) is 4.24. The first-order valence-corrected chi connectivity index (χ1v) is 14.1. The van der Waals surface area contributed by atoms with Gasteiger partial charge in [0.1, 0.15) is 5.75 Å². The summed E-state index contributed by atoms with van der Waals surface area (Å²) in [5, 5.41) is 8.57. The number of rotatable bonds is 14. The van der Waals surface area contributed by atoms with Gasteiger partial charge in [-0.3, -0.25) is 19.2 Å². The summed E-state index contributed by atoms with van der Waals surface area (Å²) in [5.74, 6) is 0.0994. The lowest BCUT2D eigenvalue weighted by Gasteiger charge is -2.26. The largest absolute Gasteiger partial charge is 0.496 e. The monoisotopic (exact) mass is 610 g/mol. The van der Waals surface area contributed by atoms with Crippen LogP contribution in [0.5, 0.6) is 5.75 Å². The Balaban J connectivity index is 0.000000465. The van der Waals surface area contributed by atoms with Gasteiger partial charge in [0.2, 0.25) is 5.91 Å². The number of fused-ring (bicyclic) bond motifs is 1. The number of unbranched alkanes of at least 4 members (excludes halogenated alkanes) is 1. The molecule has 4 N–H and O–H groups in total. The maximum atomic E-state index is 12.3. The molecule has 0 fully saturated rings. The number of nitrogens with one attached hydrogen (secondary N) is 1. The Morgan fingerprint density at radius 3 is 2.57 bits per heavy atom. The molecule has 0 saturated heterocycles. The zero-order valence-corrected chi connectivity index (χ0v) is 25.2. The quantitative estimate of drug-likeness (QED) is 0.0947. The molecular formula is C31H42ClF3N4O3. The van der Waals surface area contributed by atoms with Crippen molar-refractivity contribution < 1.29 is 27.9 Å². The Bertz CT molecular complexity index is 1150. The lowest BCUT2D eigenvalue weighted by molar-refractivity contribution is -0.114. The summed E-state index contributed by atoms with van der Waals surface area (Å²) in [6, 6.07) is 4.24. The van der Waals surface area contributed by atoms with Crippen LogP contribution in [-0.2, 0) is 11.2 Å². The van der Waals surface area contributed by atoms with Crippen molar-refractivity contribution in [2.24, 2.45) is 15.7 Å². The van der Waals surface area contributed by atoms with Crippen LogP contribution in [0.4, 0.5) is 13.2 Å². The number of halogens is 4. The molecule has 7 nitrogen and oxygen atoms in total. The minimum absolute atomic E-state index is 0.0155. The summed E-state index contributed by atoms with van der Waals surface area (Å²) < 4.78 is 39.2. The van der Waals surface area contributed by atoms with Gasteiger partial charge in [0, 0.05) is 17.7 Å². The zero-order chi connectivity index (χ0) is 31.5. The number of hydroxylamine groups is 1. The van der Waals surface area contributed by atoms with Crippen molar-refractivity contribution in [1.29, 1.82) is 0 Å². The molecule has 3 atom stereocenters. The number of benzene rings is 1. The van der Waals surface area contributed by atoms with Gasteiger partial charge in [-0.15, -0.1) is 18.2 Å². The van der Waals surface area contributed by atoms with Crippen LogP contribution in [0.2, 0.25) is 0 Å². The second-order valence-electron chi connectivity index (χ2n) is 9.29. The number of nitrogens with two attached hydrogens (primary N) is 1. The average Bonchev–Trinajstić information content (AvgIpc) is 3.00. The Morgan fingerprint density at radius 2 is 1.98 bits per heavy atom. The van der Waals surface area contributed by atoms with E-state index in [0.29, 0.717) is 31.5 Å². The van der Waals surface area contributed by atoms with E-state index in [1.165, 1.54) is 19.2 Å². The highest BCUT2D eigenvalue weighted by atomic mass is 35.5. The van der Waals surface area contributed by atoms with Gasteiger partial charge in [-0.05, 0) is 55.9 Å². The summed E-state index contributed by atoms with van der Waals surface area (Å²) in [6.45, 7) is 6.25. The Hall–Kier alpha value is -3.21. The number of hydrogen-bond acceptors (Lipinski definition) is 6. The molecule has 1 aliphatic heterocycles. The van der Waals surface area contributed by atoms with Gasteiger partial charge >= 0.3 is 0 Å². The number of hydrogen-bond donors (Lipinski definition) is 3. The summed E-state index contributed by atoms with van der Waals surface area (Å²) >= 11 is 6.06. The number of methoxy groups -OCH3 is 1. The molecule has 0 saturated carbocycles. The third-order valence-corrected chi connectivity index (χ3v) is 6.63. The van der Waals surface area contributed by atoms with E-state index in [9.17, 15) is 18.0 Å². The number of carbonyl (C=O) groups excluding carboxylic acids is 1. The van der Waals surface area contributed by atoms with Crippen molar-refractivity contribution in [2.45, 2.75) is 69.3 Å². The summed E-state index contributed by atoms with van der Waals surface area (Å²) in [4.78, 5) is 21.0. The number of primary amides is 1. The molecule has 1 heterocycles. The van der Waals surface area contributed by atoms with Crippen molar-refractivity contribution in [1.82, 2.24) is 5.48 Å². The molecule has 1 amide bonds. The number of ether oxygens (including phenoxy) is 1. The van der Waals surface area contributed by atoms with Crippen molar-refractivity contribution in [3.05, 3.63) is 77.9 Å². The summed E-state index contributed by atoms with van der Waals surface area (Å²) in [6.07, 6.45) is 13.4. The van der Waals surface area contributed by atoms with Crippen LogP contribution in [0.25, 0.3) is 0 Å².